The first-order valence-corrected chi connectivity index (χ1v) is 10.9. The second-order valence-corrected chi connectivity index (χ2v) is 8.94. The van der Waals surface area contributed by atoms with Crippen LogP contribution in [0.4, 0.5) is 5.69 Å². The van der Waals surface area contributed by atoms with Gasteiger partial charge in [0.2, 0.25) is 0 Å². The average molecular weight is 407 g/mol. The molecule has 0 saturated carbocycles. The van der Waals surface area contributed by atoms with Crippen molar-refractivity contribution < 1.29 is 18.0 Å². The molecule has 0 heterocycles. The van der Waals surface area contributed by atoms with Crippen molar-refractivity contribution in [2.24, 2.45) is 0 Å². The summed E-state index contributed by atoms with van der Waals surface area (Å²) in [5, 5.41) is 2.68. The van der Waals surface area contributed by atoms with Crippen molar-refractivity contribution in [2.75, 3.05) is 11.6 Å². The number of carbonyl (C=O) groups excluding carboxylic acids is 2. The summed E-state index contributed by atoms with van der Waals surface area (Å²) in [5.41, 5.74) is 3.43. The number of ketones is 1. The molecule has 3 aromatic carbocycles. The largest absolute Gasteiger partial charge is 0.322 e. The van der Waals surface area contributed by atoms with E-state index in [4.69, 9.17) is 0 Å². The Morgan fingerprint density at radius 3 is 2.14 bits per heavy atom. The second kappa shape index (κ2) is 8.01. The number of amides is 1. The van der Waals surface area contributed by atoms with Crippen LogP contribution in [0.3, 0.4) is 0 Å². The minimum absolute atomic E-state index is 0.106. The van der Waals surface area contributed by atoms with Crippen molar-refractivity contribution in [1.82, 2.24) is 0 Å². The van der Waals surface area contributed by atoms with E-state index in [0.29, 0.717) is 11.3 Å². The van der Waals surface area contributed by atoms with Gasteiger partial charge in [0.1, 0.15) is 0 Å². The van der Waals surface area contributed by atoms with Gasteiger partial charge in [-0.1, -0.05) is 36.4 Å². The van der Waals surface area contributed by atoms with Crippen LogP contribution in [-0.2, 0) is 9.84 Å². The third-order valence-corrected chi connectivity index (χ3v) is 5.82. The highest BCUT2D eigenvalue weighted by molar-refractivity contribution is 7.90. The molecule has 0 aliphatic heterocycles. The molecule has 0 aliphatic rings. The maximum absolute atomic E-state index is 13.0. The van der Waals surface area contributed by atoms with Crippen LogP contribution in [0, 0.1) is 13.8 Å². The van der Waals surface area contributed by atoms with Gasteiger partial charge in [0.15, 0.2) is 15.6 Å². The van der Waals surface area contributed by atoms with Gasteiger partial charge in [0, 0.05) is 23.1 Å². The van der Waals surface area contributed by atoms with E-state index in [1.165, 1.54) is 12.1 Å². The molecule has 3 rings (SSSR count). The highest BCUT2D eigenvalue weighted by Crippen LogP contribution is 2.20. The van der Waals surface area contributed by atoms with Crippen LogP contribution in [0.1, 0.15) is 37.4 Å². The molecule has 0 spiro atoms. The SMILES string of the molecule is Cc1ccc(C(=O)c2ccccc2C(=O)Nc2cccc(S(C)(=O)=O)c2)cc1C. The Morgan fingerprint density at radius 1 is 0.793 bits per heavy atom. The lowest BCUT2D eigenvalue weighted by atomic mass is 9.95. The monoisotopic (exact) mass is 407 g/mol. The molecule has 6 heteroatoms. The van der Waals surface area contributed by atoms with Gasteiger partial charge >= 0.3 is 0 Å². The topological polar surface area (TPSA) is 80.3 Å². The van der Waals surface area contributed by atoms with Gasteiger partial charge in [-0.3, -0.25) is 9.59 Å². The molecule has 0 fully saturated rings. The molecule has 0 aromatic heterocycles. The first-order chi connectivity index (χ1) is 13.7. The first kappa shape index (κ1) is 20.5. The lowest BCUT2D eigenvalue weighted by Gasteiger charge is -2.11. The quantitative estimate of drug-likeness (QED) is 0.643. The normalized spacial score (nSPS) is 11.1. The van der Waals surface area contributed by atoms with E-state index in [1.807, 2.05) is 26.0 Å². The molecule has 0 radical (unpaired) electrons. The Balaban J connectivity index is 1.93. The number of aryl methyl sites for hydroxylation is 2. The molecule has 29 heavy (non-hydrogen) atoms. The molecule has 0 unspecified atom stereocenters. The van der Waals surface area contributed by atoms with Crippen molar-refractivity contribution in [3.8, 4) is 0 Å². The predicted molar refractivity (Wildman–Crippen MR) is 113 cm³/mol. The second-order valence-electron chi connectivity index (χ2n) is 6.93. The Bertz CT molecular complexity index is 1210. The number of sulfone groups is 1. The molecule has 1 amide bonds. The van der Waals surface area contributed by atoms with Crippen molar-refractivity contribution in [3.63, 3.8) is 0 Å². The zero-order valence-corrected chi connectivity index (χ0v) is 17.2. The predicted octanol–water partition coefficient (Wildman–Crippen LogP) is 4.19. The van der Waals surface area contributed by atoms with Crippen LogP contribution in [0.15, 0.2) is 71.6 Å². The first-order valence-electron chi connectivity index (χ1n) is 8.99. The van der Waals surface area contributed by atoms with Gasteiger partial charge in [0.25, 0.3) is 5.91 Å². The zero-order chi connectivity index (χ0) is 21.2. The van der Waals surface area contributed by atoms with E-state index in [0.717, 1.165) is 17.4 Å². The third kappa shape index (κ3) is 4.60. The minimum Gasteiger partial charge on any atom is -0.322 e. The highest BCUT2D eigenvalue weighted by atomic mass is 32.2. The Labute approximate surface area is 170 Å². The number of rotatable bonds is 5. The van der Waals surface area contributed by atoms with E-state index >= 15 is 0 Å². The number of benzene rings is 3. The van der Waals surface area contributed by atoms with Crippen LogP contribution in [0.2, 0.25) is 0 Å². The van der Waals surface area contributed by atoms with Crippen LogP contribution in [0.5, 0.6) is 0 Å². The summed E-state index contributed by atoms with van der Waals surface area (Å²) in [6, 6.07) is 18.0. The lowest BCUT2D eigenvalue weighted by molar-refractivity contribution is 0.0996. The van der Waals surface area contributed by atoms with E-state index < -0.39 is 15.7 Å². The van der Waals surface area contributed by atoms with Crippen LogP contribution in [0.25, 0.3) is 0 Å². The van der Waals surface area contributed by atoms with E-state index in [1.54, 1.807) is 42.5 Å². The molecule has 3 aromatic rings. The average Bonchev–Trinajstić information content (AvgIpc) is 2.69. The Hall–Kier alpha value is -3.25. The Kier molecular flexibility index (Phi) is 5.66. The number of hydrogen-bond acceptors (Lipinski definition) is 4. The standard InChI is InChI=1S/C23H21NO4S/c1-15-11-12-17(13-16(15)2)22(25)20-9-4-5-10-21(20)23(26)24-18-7-6-8-19(14-18)29(3,27)28/h4-14H,1-3H3,(H,24,26). The molecule has 1 N–H and O–H groups in total. The molecule has 0 saturated heterocycles. The van der Waals surface area contributed by atoms with E-state index in [-0.39, 0.29) is 21.8 Å². The molecular formula is C23H21NO4S. The summed E-state index contributed by atoms with van der Waals surface area (Å²) in [4.78, 5) is 26.0. The van der Waals surface area contributed by atoms with Crippen molar-refractivity contribution in [1.29, 1.82) is 0 Å². The van der Waals surface area contributed by atoms with Crippen molar-refractivity contribution in [2.45, 2.75) is 18.7 Å². The summed E-state index contributed by atoms with van der Waals surface area (Å²) in [6.07, 6.45) is 1.10. The summed E-state index contributed by atoms with van der Waals surface area (Å²) in [7, 11) is -3.40. The van der Waals surface area contributed by atoms with Gasteiger partial charge in [-0.15, -0.1) is 0 Å². The third-order valence-electron chi connectivity index (χ3n) is 4.71. The highest BCUT2D eigenvalue weighted by Gasteiger charge is 2.19. The fourth-order valence-electron chi connectivity index (χ4n) is 2.92. The van der Waals surface area contributed by atoms with Gasteiger partial charge in [-0.2, -0.15) is 0 Å². The lowest BCUT2D eigenvalue weighted by Crippen LogP contribution is -2.17. The maximum Gasteiger partial charge on any atom is 0.256 e. The number of anilines is 1. The molecule has 5 nitrogen and oxygen atoms in total. The Morgan fingerprint density at radius 2 is 1.48 bits per heavy atom. The summed E-state index contributed by atoms with van der Waals surface area (Å²) in [5.74, 6) is -0.729. The van der Waals surface area contributed by atoms with E-state index in [9.17, 15) is 18.0 Å². The smallest absolute Gasteiger partial charge is 0.256 e. The summed E-state index contributed by atoms with van der Waals surface area (Å²) in [6.45, 7) is 3.90. The van der Waals surface area contributed by atoms with Crippen molar-refractivity contribution >= 4 is 27.2 Å². The van der Waals surface area contributed by atoms with Gasteiger partial charge in [0.05, 0.1) is 10.5 Å². The molecule has 0 bridgehead atoms. The number of nitrogens with one attached hydrogen (secondary N) is 1. The van der Waals surface area contributed by atoms with Gasteiger partial charge in [-0.05, 0) is 55.3 Å². The van der Waals surface area contributed by atoms with Crippen LogP contribution in [-0.4, -0.2) is 26.4 Å². The number of carbonyl (C=O) groups is 2. The molecule has 0 atom stereocenters. The maximum atomic E-state index is 13.0. The van der Waals surface area contributed by atoms with Crippen LogP contribution < -0.4 is 5.32 Å². The molecule has 148 valence electrons. The fraction of sp³-hybridized carbons (Fsp3) is 0.130. The number of hydrogen-bond donors (Lipinski definition) is 1. The summed E-state index contributed by atoms with van der Waals surface area (Å²) >= 11 is 0. The zero-order valence-electron chi connectivity index (χ0n) is 16.4. The van der Waals surface area contributed by atoms with Crippen molar-refractivity contribution in [3.05, 3.63) is 94.5 Å². The molecule has 0 aliphatic carbocycles. The van der Waals surface area contributed by atoms with Gasteiger partial charge < -0.3 is 5.32 Å². The van der Waals surface area contributed by atoms with E-state index in [2.05, 4.69) is 5.32 Å². The minimum atomic E-state index is -3.40. The molecular weight excluding hydrogens is 386 g/mol. The summed E-state index contributed by atoms with van der Waals surface area (Å²) < 4.78 is 23.5. The van der Waals surface area contributed by atoms with Gasteiger partial charge in [-0.25, -0.2) is 8.42 Å². The fourth-order valence-corrected chi connectivity index (χ4v) is 3.59. The van der Waals surface area contributed by atoms with Crippen LogP contribution >= 0.6 is 0 Å².